The van der Waals surface area contributed by atoms with Crippen molar-refractivity contribution in [3.05, 3.63) is 15.2 Å². The van der Waals surface area contributed by atoms with E-state index in [0.29, 0.717) is 0 Å². The van der Waals surface area contributed by atoms with Crippen molar-refractivity contribution in [2.45, 2.75) is 4.90 Å². The zero-order valence-electron chi connectivity index (χ0n) is 4.54. The van der Waals surface area contributed by atoms with Crippen LogP contribution in [0.4, 0.5) is 0 Å². The molecule has 0 aliphatic carbocycles. The second kappa shape index (κ2) is 2.81. The molecule has 10 heavy (non-hydrogen) atoms. The van der Waals surface area contributed by atoms with Crippen LogP contribution in [-0.4, -0.2) is 8.42 Å². The highest BCUT2D eigenvalue weighted by Crippen LogP contribution is 2.25. The van der Waals surface area contributed by atoms with Gasteiger partial charge in [0.15, 0.2) is 0 Å². The summed E-state index contributed by atoms with van der Waals surface area (Å²) in [5.74, 6) is 0. The molecule has 56 valence electrons. The van der Waals surface area contributed by atoms with Gasteiger partial charge in [0.2, 0.25) is 0 Å². The molecule has 0 amide bonds. The number of thiophene rings is 1. The lowest BCUT2D eigenvalue weighted by atomic mass is 10.7. The van der Waals surface area contributed by atoms with Crippen LogP contribution in [0.1, 0.15) is 0 Å². The van der Waals surface area contributed by atoms with Crippen molar-refractivity contribution < 1.29 is 8.42 Å². The normalized spacial score (nSPS) is 11.8. The molecule has 0 spiro atoms. The van der Waals surface area contributed by atoms with E-state index in [2.05, 4.69) is 15.9 Å². The van der Waals surface area contributed by atoms with E-state index in [1.807, 2.05) is 0 Å². The maximum atomic E-state index is 10.6. The first-order valence-corrected chi connectivity index (χ1v) is 6.17. The van der Waals surface area contributed by atoms with Gasteiger partial charge >= 0.3 is 0 Å². The van der Waals surface area contributed by atoms with Crippen molar-refractivity contribution in [3.63, 3.8) is 0 Å². The Bertz CT molecular complexity index is 329. The summed E-state index contributed by atoms with van der Waals surface area (Å²) in [7, 11) is 1.50. The van der Waals surface area contributed by atoms with Crippen LogP contribution in [0.5, 0.6) is 0 Å². The van der Waals surface area contributed by atoms with Gasteiger partial charge in [0.25, 0.3) is 9.05 Å². The fraction of sp³-hybridized carbons (Fsp3) is 0. The molecule has 0 aliphatic rings. The van der Waals surface area contributed by atoms with Gasteiger partial charge in [-0.3, -0.25) is 0 Å². The van der Waals surface area contributed by atoms with Crippen LogP contribution in [-0.2, 0) is 9.05 Å². The molecule has 0 aromatic carbocycles. The van der Waals surface area contributed by atoms with Crippen LogP contribution in [0.2, 0.25) is 0 Å². The monoisotopic (exact) mass is 260 g/mol. The molecule has 0 saturated carbocycles. The first kappa shape index (κ1) is 8.52. The molecule has 1 aromatic heterocycles. The highest BCUT2D eigenvalue weighted by molar-refractivity contribution is 9.11. The third-order valence-corrected chi connectivity index (χ3v) is 3.81. The third kappa shape index (κ3) is 1.95. The van der Waals surface area contributed by atoms with Gasteiger partial charge in [0.05, 0.1) is 8.68 Å². The number of halogens is 2. The Morgan fingerprint density at radius 2 is 2.20 bits per heavy atom. The van der Waals surface area contributed by atoms with Crippen LogP contribution < -0.4 is 0 Å². The molecular formula is C4H2BrClO2S2. The number of hydrogen-bond donors (Lipinski definition) is 0. The Labute approximate surface area is 75.4 Å². The minimum atomic E-state index is -3.53. The predicted octanol–water partition coefficient (Wildman–Crippen LogP) is 2.44. The summed E-state index contributed by atoms with van der Waals surface area (Å²) in [6.45, 7) is 0. The molecule has 1 heterocycles. The number of hydrogen-bond acceptors (Lipinski definition) is 3. The maximum absolute atomic E-state index is 10.6. The Morgan fingerprint density at radius 3 is 2.40 bits per heavy atom. The molecule has 0 N–H and O–H groups in total. The van der Waals surface area contributed by atoms with Crippen LogP contribution in [0, 0.1) is 0 Å². The summed E-state index contributed by atoms with van der Waals surface area (Å²) in [5, 5.41) is 1.48. The van der Waals surface area contributed by atoms with Crippen molar-refractivity contribution in [1.29, 1.82) is 0 Å². The van der Waals surface area contributed by atoms with E-state index < -0.39 is 9.05 Å². The molecule has 0 atom stereocenters. The molecule has 2 nitrogen and oxygen atoms in total. The second-order valence-electron chi connectivity index (χ2n) is 1.52. The quantitative estimate of drug-likeness (QED) is 0.728. The van der Waals surface area contributed by atoms with Crippen molar-refractivity contribution in [2.24, 2.45) is 0 Å². The SMILES string of the molecule is O=S(=O)(Cl)c1csc(Br)c1. The van der Waals surface area contributed by atoms with Gasteiger partial charge in [-0.25, -0.2) is 8.42 Å². The molecule has 0 bridgehead atoms. The predicted molar refractivity (Wildman–Crippen MR) is 45.1 cm³/mol. The van der Waals surface area contributed by atoms with Crippen LogP contribution in [0.25, 0.3) is 0 Å². The molecule has 0 aliphatic heterocycles. The number of rotatable bonds is 1. The van der Waals surface area contributed by atoms with Crippen molar-refractivity contribution in [2.75, 3.05) is 0 Å². The molecule has 0 unspecified atom stereocenters. The lowest BCUT2D eigenvalue weighted by molar-refractivity contribution is 0.610. The molecule has 1 aromatic rings. The smallest absolute Gasteiger partial charge is 0.207 e. The minimum Gasteiger partial charge on any atom is -0.207 e. The van der Waals surface area contributed by atoms with Gasteiger partial charge in [-0.05, 0) is 22.0 Å². The molecular weight excluding hydrogens is 260 g/mol. The summed E-state index contributed by atoms with van der Waals surface area (Å²) in [4.78, 5) is 0.144. The third-order valence-electron chi connectivity index (χ3n) is 0.825. The first-order chi connectivity index (χ1) is 4.50. The first-order valence-electron chi connectivity index (χ1n) is 2.19. The summed E-state index contributed by atoms with van der Waals surface area (Å²) < 4.78 is 22.0. The Hall–Kier alpha value is 0.420. The summed E-state index contributed by atoms with van der Waals surface area (Å²) in [6, 6.07) is 1.47. The van der Waals surface area contributed by atoms with Crippen molar-refractivity contribution in [1.82, 2.24) is 0 Å². The van der Waals surface area contributed by atoms with Crippen LogP contribution in [0.3, 0.4) is 0 Å². The molecule has 1 rings (SSSR count). The van der Waals surface area contributed by atoms with Crippen molar-refractivity contribution in [3.8, 4) is 0 Å². The fourth-order valence-electron chi connectivity index (χ4n) is 0.422. The highest BCUT2D eigenvalue weighted by atomic mass is 79.9. The van der Waals surface area contributed by atoms with E-state index in [0.717, 1.165) is 3.79 Å². The largest absolute Gasteiger partial charge is 0.262 e. The summed E-state index contributed by atoms with van der Waals surface area (Å²) in [5.41, 5.74) is 0. The van der Waals surface area contributed by atoms with Gasteiger partial charge < -0.3 is 0 Å². The van der Waals surface area contributed by atoms with E-state index in [-0.39, 0.29) is 4.90 Å². The minimum absolute atomic E-state index is 0.144. The van der Waals surface area contributed by atoms with E-state index in [4.69, 9.17) is 10.7 Å². The van der Waals surface area contributed by atoms with E-state index in [1.54, 1.807) is 0 Å². The topological polar surface area (TPSA) is 34.1 Å². The van der Waals surface area contributed by atoms with Gasteiger partial charge in [-0.15, -0.1) is 11.3 Å². The van der Waals surface area contributed by atoms with Crippen LogP contribution in [0.15, 0.2) is 20.1 Å². The van der Waals surface area contributed by atoms with Gasteiger partial charge in [-0.1, -0.05) is 0 Å². The standard InChI is InChI=1S/C4H2BrClO2S2/c5-4-1-3(2-9-4)10(6,7)8/h1-2H. The summed E-state index contributed by atoms with van der Waals surface area (Å²) >= 11 is 4.40. The molecule has 0 radical (unpaired) electrons. The lowest BCUT2D eigenvalue weighted by Gasteiger charge is -1.83. The summed E-state index contributed by atoms with van der Waals surface area (Å²) in [6.07, 6.45) is 0. The Kier molecular flexibility index (Phi) is 2.39. The van der Waals surface area contributed by atoms with E-state index >= 15 is 0 Å². The second-order valence-corrected chi connectivity index (χ2v) is 6.38. The Balaban J connectivity index is 3.21. The lowest BCUT2D eigenvalue weighted by Crippen LogP contribution is -1.84. The molecule has 6 heteroatoms. The average Bonchev–Trinajstić information content (AvgIpc) is 2.11. The van der Waals surface area contributed by atoms with Gasteiger partial charge in [-0.2, -0.15) is 0 Å². The van der Waals surface area contributed by atoms with Gasteiger partial charge in [0.1, 0.15) is 0 Å². The maximum Gasteiger partial charge on any atom is 0.262 e. The highest BCUT2D eigenvalue weighted by Gasteiger charge is 2.10. The van der Waals surface area contributed by atoms with E-state index in [1.165, 1.54) is 22.8 Å². The zero-order valence-corrected chi connectivity index (χ0v) is 8.52. The average molecular weight is 262 g/mol. The van der Waals surface area contributed by atoms with E-state index in [9.17, 15) is 8.42 Å². The van der Waals surface area contributed by atoms with Crippen molar-refractivity contribution >= 4 is 47.0 Å². The van der Waals surface area contributed by atoms with Gasteiger partial charge in [0, 0.05) is 16.1 Å². The molecule has 0 fully saturated rings. The molecule has 0 saturated heterocycles. The Morgan fingerprint density at radius 1 is 1.60 bits per heavy atom. The zero-order chi connectivity index (χ0) is 7.78. The van der Waals surface area contributed by atoms with Crippen LogP contribution >= 0.6 is 37.9 Å². The fourth-order valence-corrected chi connectivity index (χ4v) is 2.99.